The van der Waals surface area contributed by atoms with Crippen LogP contribution in [-0.4, -0.2) is 30.6 Å². The number of hydrogen-bond donors (Lipinski definition) is 1. The lowest BCUT2D eigenvalue weighted by molar-refractivity contribution is 0.631. The van der Waals surface area contributed by atoms with E-state index in [9.17, 15) is 0 Å². The number of nitrogens with zero attached hydrogens (tertiary/aromatic N) is 3. The van der Waals surface area contributed by atoms with Crippen molar-refractivity contribution >= 4 is 34.4 Å². The second kappa shape index (κ2) is 6.37. The molecule has 1 aromatic rings. The maximum Gasteiger partial charge on any atom is 0.227 e. The van der Waals surface area contributed by atoms with Crippen LogP contribution < -0.4 is 10.2 Å². The quantitative estimate of drug-likeness (QED) is 0.831. The Morgan fingerprint density at radius 1 is 1.29 bits per heavy atom. The van der Waals surface area contributed by atoms with Crippen molar-refractivity contribution in [3.8, 4) is 0 Å². The van der Waals surface area contributed by atoms with Crippen molar-refractivity contribution < 1.29 is 0 Å². The first-order chi connectivity index (χ1) is 7.95. The summed E-state index contributed by atoms with van der Waals surface area (Å²) in [6.45, 7) is 7.37. The zero-order valence-electron chi connectivity index (χ0n) is 11.2. The van der Waals surface area contributed by atoms with E-state index < -0.39 is 0 Å². The van der Waals surface area contributed by atoms with Gasteiger partial charge in [-0.05, 0) is 41.9 Å². The Bertz CT molecular complexity index is 377. The van der Waals surface area contributed by atoms with Crippen LogP contribution in [0.2, 0.25) is 0 Å². The molecule has 0 amide bonds. The van der Waals surface area contributed by atoms with Crippen molar-refractivity contribution in [2.45, 2.75) is 27.2 Å². The van der Waals surface area contributed by atoms with E-state index in [-0.39, 0.29) is 0 Å². The lowest BCUT2D eigenvalue weighted by atomic mass is 10.1. The van der Waals surface area contributed by atoms with Crippen molar-refractivity contribution in [1.82, 2.24) is 9.97 Å². The van der Waals surface area contributed by atoms with Gasteiger partial charge in [0.05, 0.1) is 9.26 Å². The van der Waals surface area contributed by atoms with Gasteiger partial charge in [-0.3, -0.25) is 0 Å². The second-order valence-corrected chi connectivity index (χ2v) is 5.73. The maximum absolute atomic E-state index is 4.62. The van der Waals surface area contributed by atoms with E-state index in [0.29, 0.717) is 5.92 Å². The molecule has 0 fully saturated rings. The molecular formula is C12H21IN4. The van der Waals surface area contributed by atoms with Gasteiger partial charge in [0.1, 0.15) is 5.82 Å². The van der Waals surface area contributed by atoms with Crippen molar-refractivity contribution in [2.24, 2.45) is 5.92 Å². The number of rotatable bonds is 5. The molecule has 0 aromatic carbocycles. The fourth-order valence-electron chi connectivity index (χ4n) is 1.49. The molecule has 96 valence electrons. The Hall–Kier alpha value is -0.590. The van der Waals surface area contributed by atoms with Crippen molar-refractivity contribution in [2.75, 3.05) is 30.9 Å². The van der Waals surface area contributed by atoms with Gasteiger partial charge in [-0.1, -0.05) is 13.8 Å². The number of anilines is 2. The van der Waals surface area contributed by atoms with E-state index in [0.717, 1.165) is 34.0 Å². The summed E-state index contributed by atoms with van der Waals surface area (Å²) in [5.74, 6) is 2.32. The van der Waals surface area contributed by atoms with Crippen LogP contribution in [-0.2, 0) is 6.42 Å². The first-order valence-electron chi connectivity index (χ1n) is 5.93. The third-order valence-electron chi connectivity index (χ3n) is 2.25. The van der Waals surface area contributed by atoms with Crippen LogP contribution in [0.25, 0.3) is 0 Å². The zero-order chi connectivity index (χ0) is 13.0. The van der Waals surface area contributed by atoms with Gasteiger partial charge in [-0.15, -0.1) is 0 Å². The van der Waals surface area contributed by atoms with Gasteiger partial charge in [-0.2, -0.15) is 4.98 Å². The Kier molecular flexibility index (Phi) is 5.42. The SMILES string of the molecule is CCNc1nc(N(C)C)nc(CC(C)C)c1I. The number of nitrogens with one attached hydrogen (secondary N) is 1. The van der Waals surface area contributed by atoms with E-state index in [1.54, 1.807) is 0 Å². The number of aromatic nitrogens is 2. The molecule has 1 N–H and O–H groups in total. The first-order valence-corrected chi connectivity index (χ1v) is 7.01. The molecule has 0 aliphatic carbocycles. The number of hydrogen-bond acceptors (Lipinski definition) is 4. The Morgan fingerprint density at radius 2 is 1.94 bits per heavy atom. The molecule has 0 bridgehead atoms. The van der Waals surface area contributed by atoms with Gasteiger partial charge >= 0.3 is 0 Å². The molecule has 0 aliphatic rings. The van der Waals surface area contributed by atoms with E-state index in [1.165, 1.54) is 0 Å². The smallest absolute Gasteiger partial charge is 0.227 e. The lowest BCUT2D eigenvalue weighted by Gasteiger charge is -2.17. The molecule has 5 heteroatoms. The molecule has 0 saturated carbocycles. The zero-order valence-corrected chi connectivity index (χ0v) is 13.4. The normalized spacial score (nSPS) is 10.8. The van der Waals surface area contributed by atoms with Crippen molar-refractivity contribution in [3.63, 3.8) is 0 Å². The topological polar surface area (TPSA) is 41.1 Å². The summed E-state index contributed by atoms with van der Waals surface area (Å²) in [7, 11) is 3.94. The van der Waals surface area contributed by atoms with Crippen molar-refractivity contribution in [1.29, 1.82) is 0 Å². The summed E-state index contributed by atoms with van der Waals surface area (Å²) in [4.78, 5) is 11.1. The summed E-state index contributed by atoms with van der Waals surface area (Å²) < 4.78 is 1.14. The second-order valence-electron chi connectivity index (χ2n) is 4.66. The lowest BCUT2D eigenvalue weighted by Crippen LogP contribution is -2.17. The molecular weight excluding hydrogens is 327 g/mol. The average Bonchev–Trinajstić information content (AvgIpc) is 2.23. The fourth-order valence-corrected chi connectivity index (χ4v) is 2.14. The van der Waals surface area contributed by atoms with Gasteiger partial charge in [-0.25, -0.2) is 4.98 Å². The largest absolute Gasteiger partial charge is 0.369 e. The molecule has 0 spiro atoms. The molecule has 17 heavy (non-hydrogen) atoms. The van der Waals surface area contributed by atoms with Crippen LogP contribution >= 0.6 is 22.6 Å². The summed E-state index contributed by atoms with van der Waals surface area (Å²) >= 11 is 2.33. The van der Waals surface area contributed by atoms with Gasteiger partial charge < -0.3 is 10.2 Å². The van der Waals surface area contributed by atoms with Gasteiger partial charge in [0, 0.05) is 20.6 Å². The highest BCUT2D eigenvalue weighted by Crippen LogP contribution is 2.23. The standard InChI is InChI=1S/C12H21IN4/c1-6-14-11-10(13)9(7-8(2)3)15-12(16-11)17(4)5/h8H,6-7H2,1-5H3,(H,14,15,16). The van der Waals surface area contributed by atoms with Crippen LogP contribution in [0.1, 0.15) is 26.5 Å². The van der Waals surface area contributed by atoms with E-state index in [2.05, 4.69) is 58.6 Å². The van der Waals surface area contributed by atoms with Crippen LogP contribution in [0.15, 0.2) is 0 Å². The monoisotopic (exact) mass is 348 g/mol. The minimum Gasteiger partial charge on any atom is -0.369 e. The van der Waals surface area contributed by atoms with E-state index in [1.807, 2.05) is 19.0 Å². The van der Waals surface area contributed by atoms with Crippen LogP contribution in [0.3, 0.4) is 0 Å². The summed E-state index contributed by atoms with van der Waals surface area (Å²) in [6.07, 6.45) is 0.986. The minimum atomic E-state index is 0.600. The van der Waals surface area contributed by atoms with Crippen molar-refractivity contribution in [3.05, 3.63) is 9.26 Å². The molecule has 0 atom stereocenters. The summed E-state index contributed by atoms with van der Waals surface area (Å²) in [6, 6.07) is 0. The predicted molar refractivity (Wildman–Crippen MR) is 81.8 cm³/mol. The highest BCUT2D eigenvalue weighted by Gasteiger charge is 2.13. The highest BCUT2D eigenvalue weighted by molar-refractivity contribution is 14.1. The average molecular weight is 348 g/mol. The summed E-state index contributed by atoms with van der Waals surface area (Å²) in [5, 5.41) is 3.30. The molecule has 1 heterocycles. The molecule has 1 aromatic heterocycles. The van der Waals surface area contributed by atoms with E-state index in [4.69, 9.17) is 0 Å². The van der Waals surface area contributed by atoms with Gasteiger partial charge in [0.2, 0.25) is 5.95 Å². The van der Waals surface area contributed by atoms with Crippen LogP contribution in [0.5, 0.6) is 0 Å². The molecule has 4 nitrogen and oxygen atoms in total. The minimum absolute atomic E-state index is 0.600. The van der Waals surface area contributed by atoms with Gasteiger partial charge in [0.15, 0.2) is 0 Å². The van der Waals surface area contributed by atoms with E-state index >= 15 is 0 Å². The highest BCUT2D eigenvalue weighted by atomic mass is 127. The Balaban J connectivity index is 3.17. The molecule has 0 saturated heterocycles. The third kappa shape index (κ3) is 3.97. The van der Waals surface area contributed by atoms with Crippen LogP contribution in [0, 0.1) is 9.49 Å². The molecule has 0 unspecified atom stereocenters. The molecule has 0 radical (unpaired) electrons. The third-order valence-corrected chi connectivity index (χ3v) is 3.39. The Morgan fingerprint density at radius 3 is 2.41 bits per heavy atom. The van der Waals surface area contributed by atoms with Crippen LogP contribution in [0.4, 0.5) is 11.8 Å². The number of halogens is 1. The maximum atomic E-state index is 4.62. The first kappa shape index (κ1) is 14.5. The summed E-state index contributed by atoms with van der Waals surface area (Å²) in [5.41, 5.74) is 1.13. The fraction of sp³-hybridized carbons (Fsp3) is 0.667. The molecule has 0 aliphatic heterocycles. The Labute approximate surface area is 117 Å². The molecule has 1 rings (SSSR count). The predicted octanol–water partition coefficient (Wildman–Crippen LogP) is 2.78. The van der Waals surface area contributed by atoms with Gasteiger partial charge in [0.25, 0.3) is 0 Å².